The van der Waals surface area contributed by atoms with Crippen LogP contribution < -0.4 is 0 Å². The largest absolute Gasteiger partial charge is 0.254 e. The summed E-state index contributed by atoms with van der Waals surface area (Å²) in [6, 6.07) is 0.243. The highest BCUT2D eigenvalue weighted by Crippen LogP contribution is 2.16. The van der Waals surface area contributed by atoms with E-state index in [0.29, 0.717) is 0 Å². The zero-order valence-corrected chi connectivity index (χ0v) is 8.98. The molecule has 0 aliphatic heterocycles. The number of hydrogen-bond donors (Lipinski definition) is 0. The molecule has 1 rings (SSSR count). The van der Waals surface area contributed by atoms with Crippen LogP contribution in [0.3, 0.4) is 0 Å². The van der Waals surface area contributed by atoms with Crippen molar-refractivity contribution in [2.45, 2.75) is 51.5 Å². The van der Waals surface area contributed by atoms with E-state index in [0.717, 1.165) is 25.8 Å². The van der Waals surface area contributed by atoms with E-state index in [2.05, 4.69) is 24.4 Å². The Bertz CT molecular complexity index is 192. The van der Waals surface area contributed by atoms with E-state index < -0.39 is 0 Å². The molecule has 3 heteroatoms. The van der Waals surface area contributed by atoms with Crippen LogP contribution in [0.25, 0.3) is 0 Å². The van der Waals surface area contributed by atoms with Gasteiger partial charge in [-0.2, -0.15) is 0 Å². The smallest absolute Gasteiger partial charge is 0.0682 e. The van der Waals surface area contributed by atoms with Crippen molar-refractivity contribution in [1.29, 1.82) is 0 Å². The van der Waals surface area contributed by atoms with Gasteiger partial charge in [0.05, 0.1) is 11.3 Å². The molecule has 1 aliphatic rings. The molecule has 0 N–H and O–H groups in total. The third-order valence-electron chi connectivity index (χ3n) is 2.67. The van der Waals surface area contributed by atoms with Gasteiger partial charge >= 0.3 is 0 Å². The monoisotopic (exact) mass is 196 g/mol. The van der Waals surface area contributed by atoms with Gasteiger partial charge in [0.15, 0.2) is 0 Å². The molecule has 0 radical (unpaired) electrons. The summed E-state index contributed by atoms with van der Waals surface area (Å²) < 4.78 is 0. The number of nitrogens with zero attached hydrogens (tertiary/aromatic N) is 2. The van der Waals surface area contributed by atoms with E-state index in [9.17, 15) is 4.91 Å². The highest BCUT2D eigenvalue weighted by atomic mass is 16.3. The van der Waals surface area contributed by atoms with Gasteiger partial charge in [0.1, 0.15) is 0 Å². The van der Waals surface area contributed by atoms with Crippen LogP contribution in [-0.2, 0) is 0 Å². The molecule has 1 aliphatic carbocycles. The van der Waals surface area contributed by atoms with Gasteiger partial charge in [-0.25, -0.2) is 0 Å². The van der Waals surface area contributed by atoms with Crippen molar-refractivity contribution in [3.8, 4) is 0 Å². The zero-order valence-electron chi connectivity index (χ0n) is 8.98. The van der Waals surface area contributed by atoms with Crippen LogP contribution in [0.2, 0.25) is 0 Å². The van der Waals surface area contributed by atoms with Crippen molar-refractivity contribution < 1.29 is 0 Å². The molecule has 14 heavy (non-hydrogen) atoms. The van der Waals surface area contributed by atoms with Crippen LogP contribution in [0.15, 0.2) is 17.4 Å². The molecule has 1 atom stereocenters. The molecule has 3 nitrogen and oxygen atoms in total. The van der Waals surface area contributed by atoms with Crippen molar-refractivity contribution in [3.05, 3.63) is 17.1 Å². The first-order chi connectivity index (χ1) is 6.88. The molecule has 80 valence electrons. The Balaban J connectivity index is 2.51. The molecule has 0 aromatic rings. The van der Waals surface area contributed by atoms with Gasteiger partial charge in [0, 0.05) is 6.54 Å². The fraction of sp³-hybridized carbons (Fsp3) is 0.818. The van der Waals surface area contributed by atoms with E-state index in [4.69, 9.17) is 0 Å². The third kappa shape index (κ3) is 3.48. The number of hydrogen-bond acceptors (Lipinski definition) is 2. The van der Waals surface area contributed by atoms with Crippen LogP contribution in [0.4, 0.5) is 0 Å². The summed E-state index contributed by atoms with van der Waals surface area (Å²) >= 11 is 0. The van der Waals surface area contributed by atoms with E-state index in [1.807, 2.05) is 0 Å². The third-order valence-corrected chi connectivity index (χ3v) is 2.67. The normalized spacial score (nSPS) is 24.8. The topological polar surface area (TPSA) is 32.7 Å². The highest BCUT2D eigenvalue weighted by molar-refractivity contribution is 4.94. The Morgan fingerprint density at radius 3 is 3.00 bits per heavy atom. The highest BCUT2D eigenvalue weighted by Gasteiger charge is 2.14. The van der Waals surface area contributed by atoms with Gasteiger partial charge in [0.25, 0.3) is 0 Å². The summed E-state index contributed by atoms with van der Waals surface area (Å²) in [5, 5.41) is 4.79. The van der Waals surface area contributed by atoms with Crippen LogP contribution in [0.5, 0.6) is 0 Å². The van der Waals surface area contributed by atoms with Gasteiger partial charge in [-0.05, 0) is 25.7 Å². The second-order valence-electron chi connectivity index (χ2n) is 3.88. The van der Waals surface area contributed by atoms with Gasteiger partial charge < -0.3 is 0 Å². The Morgan fingerprint density at radius 1 is 1.43 bits per heavy atom. The predicted molar refractivity (Wildman–Crippen MR) is 58.8 cm³/mol. The second-order valence-corrected chi connectivity index (χ2v) is 3.88. The maximum atomic E-state index is 10.6. The van der Waals surface area contributed by atoms with Crippen molar-refractivity contribution in [3.63, 3.8) is 0 Å². The van der Waals surface area contributed by atoms with Crippen molar-refractivity contribution >= 4 is 0 Å². The lowest BCUT2D eigenvalue weighted by atomic mass is 10.0. The van der Waals surface area contributed by atoms with Crippen molar-refractivity contribution in [2.75, 3.05) is 6.54 Å². The molecule has 0 aromatic carbocycles. The average Bonchev–Trinajstić information content (AvgIpc) is 2.15. The molecule has 0 heterocycles. The average molecular weight is 196 g/mol. The Hall–Kier alpha value is -0.860. The Kier molecular flexibility index (Phi) is 5.27. The molecule has 0 amide bonds. The van der Waals surface area contributed by atoms with E-state index in [-0.39, 0.29) is 6.04 Å². The quantitative estimate of drug-likeness (QED) is 0.393. The van der Waals surface area contributed by atoms with E-state index >= 15 is 0 Å². The molecular formula is C11H20N2O. The number of nitroso groups, excluding NO2 is 1. The predicted octanol–water partition coefficient (Wildman–Crippen LogP) is 3.27. The maximum absolute atomic E-state index is 10.6. The molecule has 1 unspecified atom stereocenters. The Labute approximate surface area is 86.1 Å². The fourth-order valence-corrected chi connectivity index (χ4v) is 1.89. The minimum atomic E-state index is 0.243. The SMILES string of the molecule is CCCN(N=O)C1/C=C\CCCCC1. The minimum absolute atomic E-state index is 0.243. The molecule has 0 saturated carbocycles. The Morgan fingerprint density at radius 2 is 2.29 bits per heavy atom. The lowest BCUT2D eigenvalue weighted by Gasteiger charge is -2.24. The summed E-state index contributed by atoms with van der Waals surface area (Å²) in [5.41, 5.74) is 0. The zero-order chi connectivity index (χ0) is 10.2. The van der Waals surface area contributed by atoms with Gasteiger partial charge in [-0.1, -0.05) is 31.9 Å². The van der Waals surface area contributed by atoms with Crippen molar-refractivity contribution in [2.24, 2.45) is 5.29 Å². The van der Waals surface area contributed by atoms with Crippen LogP contribution in [0, 0.1) is 4.91 Å². The molecule has 0 spiro atoms. The summed E-state index contributed by atoms with van der Waals surface area (Å²) in [7, 11) is 0. The number of rotatable bonds is 4. The van der Waals surface area contributed by atoms with E-state index in [1.165, 1.54) is 19.3 Å². The maximum Gasteiger partial charge on any atom is 0.0682 e. The van der Waals surface area contributed by atoms with Crippen molar-refractivity contribution in [1.82, 2.24) is 5.01 Å². The van der Waals surface area contributed by atoms with Crippen LogP contribution in [0.1, 0.15) is 45.4 Å². The molecule has 0 fully saturated rings. The fourth-order valence-electron chi connectivity index (χ4n) is 1.89. The summed E-state index contributed by atoms with van der Waals surface area (Å²) in [5.74, 6) is 0. The van der Waals surface area contributed by atoms with Gasteiger partial charge in [-0.15, -0.1) is 4.91 Å². The first-order valence-corrected chi connectivity index (χ1v) is 5.65. The molecule has 0 saturated heterocycles. The lowest BCUT2D eigenvalue weighted by Crippen LogP contribution is -2.29. The summed E-state index contributed by atoms with van der Waals surface area (Å²) in [4.78, 5) is 10.6. The van der Waals surface area contributed by atoms with Gasteiger partial charge in [-0.3, -0.25) is 5.01 Å². The van der Waals surface area contributed by atoms with Crippen LogP contribution >= 0.6 is 0 Å². The summed E-state index contributed by atoms with van der Waals surface area (Å²) in [6.45, 7) is 2.85. The van der Waals surface area contributed by atoms with Crippen LogP contribution in [-0.4, -0.2) is 17.6 Å². The molecule has 0 aromatic heterocycles. The molecular weight excluding hydrogens is 176 g/mol. The lowest BCUT2D eigenvalue weighted by molar-refractivity contribution is 0.221. The minimum Gasteiger partial charge on any atom is -0.254 e. The summed E-state index contributed by atoms with van der Waals surface area (Å²) in [6.07, 6.45) is 11.3. The number of allylic oxidation sites excluding steroid dienone is 1. The second kappa shape index (κ2) is 6.57. The first-order valence-electron chi connectivity index (χ1n) is 5.65. The first kappa shape index (κ1) is 11.2. The van der Waals surface area contributed by atoms with Gasteiger partial charge in [0.2, 0.25) is 0 Å². The molecule has 0 bridgehead atoms. The van der Waals surface area contributed by atoms with E-state index in [1.54, 1.807) is 5.01 Å². The standard InChI is InChI=1S/C11H20N2O/c1-2-10-13(12-14)11-8-6-4-3-5-7-9-11/h6,8,11H,2-5,7,9-10H2,1H3/b8-6-.